The Kier molecular flexibility index (Phi) is 3.58. The molecule has 124 valence electrons. The fourth-order valence-corrected chi connectivity index (χ4v) is 2.89. The first kappa shape index (κ1) is 15.1. The van der Waals surface area contributed by atoms with E-state index in [1.165, 1.54) is 0 Å². The Balaban J connectivity index is 1.68. The first-order valence-electron chi connectivity index (χ1n) is 7.94. The summed E-state index contributed by atoms with van der Waals surface area (Å²) in [7, 11) is 1.80. The fraction of sp³-hybridized carbons (Fsp3) is 0.222. The van der Waals surface area contributed by atoms with Crippen molar-refractivity contribution in [1.29, 1.82) is 0 Å². The van der Waals surface area contributed by atoms with Gasteiger partial charge in [0.25, 0.3) is 0 Å². The molecule has 3 aromatic heterocycles. The van der Waals surface area contributed by atoms with Gasteiger partial charge < -0.3 is 15.2 Å². The number of hydrogen-bond donors (Lipinski definition) is 1. The highest BCUT2D eigenvalue weighted by Gasteiger charge is 2.27. The van der Waals surface area contributed by atoms with E-state index >= 15 is 0 Å². The molecule has 7 nitrogen and oxygen atoms in total. The van der Waals surface area contributed by atoms with E-state index in [1.54, 1.807) is 24.3 Å². The average Bonchev–Trinajstić information content (AvgIpc) is 3.17. The summed E-state index contributed by atoms with van der Waals surface area (Å²) in [6.45, 7) is 0.752. The van der Waals surface area contributed by atoms with E-state index in [2.05, 4.69) is 26.8 Å². The molecule has 0 aromatic carbocycles. The zero-order valence-corrected chi connectivity index (χ0v) is 13.7. The third kappa shape index (κ3) is 2.78. The minimum absolute atomic E-state index is 0.0761. The van der Waals surface area contributed by atoms with Crippen LogP contribution in [0.15, 0.2) is 36.8 Å². The highest BCUT2D eigenvalue weighted by Crippen LogP contribution is 2.19. The Morgan fingerprint density at radius 2 is 2.20 bits per heavy atom. The second-order valence-corrected chi connectivity index (χ2v) is 5.96. The van der Waals surface area contributed by atoms with Crippen LogP contribution >= 0.6 is 0 Å². The molecule has 1 aliphatic heterocycles. The van der Waals surface area contributed by atoms with Crippen molar-refractivity contribution in [2.75, 3.05) is 19.3 Å². The van der Waals surface area contributed by atoms with E-state index in [9.17, 15) is 4.79 Å². The molecule has 1 fully saturated rings. The quantitative estimate of drug-likeness (QED) is 0.677. The van der Waals surface area contributed by atoms with Crippen molar-refractivity contribution < 1.29 is 4.79 Å². The standard InChI is InChI=1S/C18H16N6O/c1-23-8-5-12(17(23)25)2-3-14-10-15(4-7-20-14)24-9-6-13-11-21-18(19)22-16(13)24/h4,6-7,9-12H,5,8H2,1H3,(H2,19,21,22). The molecule has 25 heavy (non-hydrogen) atoms. The second-order valence-electron chi connectivity index (χ2n) is 5.96. The topological polar surface area (TPSA) is 89.9 Å². The van der Waals surface area contributed by atoms with E-state index in [1.807, 2.05) is 29.0 Å². The van der Waals surface area contributed by atoms with Crippen molar-refractivity contribution in [3.63, 3.8) is 0 Å². The number of amides is 1. The smallest absolute Gasteiger partial charge is 0.237 e. The van der Waals surface area contributed by atoms with E-state index < -0.39 is 0 Å². The highest BCUT2D eigenvalue weighted by molar-refractivity contribution is 5.83. The van der Waals surface area contributed by atoms with Crippen LogP contribution in [0.1, 0.15) is 12.1 Å². The Bertz CT molecular complexity index is 1030. The number of nitrogens with zero attached hydrogens (tertiary/aromatic N) is 5. The van der Waals surface area contributed by atoms with Crippen molar-refractivity contribution in [2.45, 2.75) is 6.42 Å². The van der Waals surface area contributed by atoms with Gasteiger partial charge in [-0.25, -0.2) is 9.97 Å². The van der Waals surface area contributed by atoms with Crippen LogP contribution in [0.2, 0.25) is 0 Å². The zero-order valence-electron chi connectivity index (χ0n) is 13.7. The number of anilines is 1. The van der Waals surface area contributed by atoms with Crippen LogP contribution in [-0.2, 0) is 4.79 Å². The van der Waals surface area contributed by atoms with Crippen LogP contribution in [0.3, 0.4) is 0 Å². The molecule has 0 aliphatic carbocycles. The SMILES string of the molecule is CN1CCC(C#Cc2cc(-n3ccc4cnc(N)nc43)ccn2)C1=O. The molecule has 1 unspecified atom stereocenters. The molecule has 0 spiro atoms. The van der Waals surface area contributed by atoms with Crippen LogP contribution in [-0.4, -0.2) is 43.9 Å². The minimum atomic E-state index is -0.240. The summed E-state index contributed by atoms with van der Waals surface area (Å²) in [6.07, 6.45) is 6.05. The van der Waals surface area contributed by atoms with Gasteiger partial charge in [-0.2, -0.15) is 4.98 Å². The Labute approximate surface area is 144 Å². The van der Waals surface area contributed by atoms with Gasteiger partial charge in [0, 0.05) is 37.6 Å². The molecule has 1 atom stereocenters. The number of pyridine rings is 1. The lowest BCUT2D eigenvalue weighted by atomic mass is 10.1. The van der Waals surface area contributed by atoms with Crippen LogP contribution in [0.5, 0.6) is 0 Å². The van der Waals surface area contributed by atoms with Crippen LogP contribution in [0.25, 0.3) is 16.7 Å². The fourth-order valence-electron chi connectivity index (χ4n) is 2.89. The average molecular weight is 332 g/mol. The molecule has 0 radical (unpaired) electrons. The highest BCUT2D eigenvalue weighted by atomic mass is 16.2. The van der Waals surface area contributed by atoms with E-state index in [4.69, 9.17) is 5.73 Å². The maximum absolute atomic E-state index is 11.9. The van der Waals surface area contributed by atoms with Gasteiger partial charge >= 0.3 is 0 Å². The number of carbonyl (C=O) groups excluding carboxylic acids is 1. The van der Waals surface area contributed by atoms with Crippen LogP contribution in [0.4, 0.5) is 5.95 Å². The number of carbonyl (C=O) groups is 1. The summed E-state index contributed by atoms with van der Waals surface area (Å²) < 4.78 is 1.91. The molecule has 7 heteroatoms. The first-order chi connectivity index (χ1) is 12.1. The van der Waals surface area contributed by atoms with E-state index in [0.29, 0.717) is 5.69 Å². The van der Waals surface area contributed by atoms with Crippen molar-refractivity contribution in [2.24, 2.45) is 5.92 Å². The van der Waals surface area contributed by atoms with Gasteiger partial charge in [-0.3, -0.25) is 4.79 Å². The lowest BCUT2D eigenvalue weighted by Gasteiger charge is -2.06. The van der Waals surface area contributed by atoms with E-state index in [-0.39, 0.29) is 17.8 Å². The number of hydrogen-bond acceptors (Lipinski definition) is 5. The minimum Gasteiger partial charge on any atom is -0.368 e. The van der Waals surface area contributed by atoms with Crippen LogP contribution in [0, 0.1) is 17.8 Å². The zero-order chi connectivity index (χ0) is 17.4. The molecule has 2 N–H and O–H groups in total. The lowest BCUT2D eigenvalue weighted by molar-refractivity contribution is -0.128. The van der Waals surface area contributed by atoms with Gasteiger partial charge in [-0.15, -0.1) is 0 Å². The molecule has 0 bridgehead atoms. The molecule has 0 saturated carbocycles. The predicted molar refractivity (Wildman–Crippen MR) is 93.7 cm³/mol. The van der Waals surface area contributed by atoms with Crippen molar-refractivity contribution in [1.82, 2.24) is 24.4 Å². The number of aromatic nitrogens is 4. The molecule has 1 saturated heterocycles. The van der Waals surface area contributed by atoms with Gasteiger partial charge in [0.15, 0.2) is 0 Å². The molecule has 1 amide bonds. The maximum atomic E-state index is 11.9. The Morgan fingerprint density at radius 1 is 1.32 bits per heavy atom. The maximum Gasteiger partial charge on any atom is 0.237 e. The van der Waals surface area contributed by atoms with Crippen molar-refractivity contribution in [3.8, 4) is 17.5 Å². The van der Waals surface area contributed by atoms with Gasteiger partial charge in [-0.1, -0.05) is 5.92 Å². The van der Waals surface area contributed by atoms with Crippen molar-refractivity contribution >= 4 is 22.9 Å². The summed E-state index contributed by atoms with van der Waals surface area (Å²) in [5.74, 6) is 6.12. The monoisotopic (exact) mass is 332 g/mol. The summed E-state index contributed by atoms with van der Waals surface area (Å²) in [6, 6.07) is 5.67. The third-order valence-corrected chi connectivity index (χ3v) is 4.27. The summed E-state index contributed by atoms with van der Waals surface area (Å²) in [4.78, 5) is 26.2. The normalized spacial score (nSPS) is 16.9. The summed E-state index contributed by atoms with van der Waals surface area (Å²) in [5, 5.41) is 0.901. The molecular weight excluding hydrogens is 316 g/mol. The van der Waals surface area contributed by atoms with Gasteiger partial charge in [0.05, 0.1) is 5.69 Å². The molecule has 4 heterocycles. The number of nitrogen functional groups attached to an aromatic ring is 1. The largest absolute Gasteiger partial charge is 0.368 e. The summed E-state index contributed by atoms with van der Waals surface area (Å²) in [5.41, 5.74) is 7.91. The molecular formula is C18H16N6O. The molecule has 3 aromatic rings. The van der Waals surface area contributed by atoms with Gasteiger partial charge in [0.2, 0.25) is 11.9 Å². The number of likely N-dealkylation sites (tertiary alicyclic amines) is 1. The number of fused-ring (bicyclic) bond motifs is 1. The Morgan fingerprint density at radius 3 is 3.00 bits per heavy atom. The third-order valence-electron chi connectivity index (χ3n) is 4.27. The van der Waals surface area contributed by atoms with Gasteiger partial charge in [-0.05, 0) is 30.5 Å². The number of nitrogens with two attached hydrogens (primary N) is 1. The lowest BCUT2D eigenvalue weighted by Crippen LogP contribution is -2.21. The first-order valence-corrected chi connectivity index (χ1v) is 7.94. The Hall–Kier alpha value is -3.40. The van der Waals surface area contributed by atoms with Gasteiger partial charge in [0.1, 0.15) is 17.3 Å². The molecule has 1 aliphatic rings. The van der Waals surface area contributed by atoms with Crippen molar-refractivity contribution in [3.05, 3.63) is 42.5 Å². The number of rotatable bonds is 1. The predicted octanol–water partition coefficient (Wildman–Crippen LogP) is 1.23. The second kappa shape index (κ2) is 5.91. The molecule has 4 rings (SSSR count). The van der Waals surface area contributed by atoms with Crippen LogP contribution < -0.4 is 5.73 Å². The summed E-state index contributed by atoms with van der Waals surface area (Å²) >= 11 is 0. The van der Waals surface area contributed by atoms with E-state index in [0.717, 1.165) is 29.7 Å².